The predicted octanol–water partition coefficient (Wildman–Crippen LogP) is 3.15. The van der Waals surface area contributed by atoms with Gasteiger partial charge in [-0.3, -0.25) is 4.68 Å². The molecule has 0 atom stereocenters. The normalized spacial score (nSPS) is 13.5. The summed E-state index contributed by atoms with van der Waals surface area (Å²) in [6.45, 7) is 8.38. The summed E-state index contributed by atoms with van der Waals surface area (Å²) in [4.78, 5) is 0. The summed E-state index contributed by atoms with van der Waals surface area (Å²) in [6.07, 6.45) is 1.13. The van der Waals surface area contributed by atoms with E-state index in [1.165, 1.54) is 28.1 Å². The van der Waals surface area contributed by atoms with Gasteiger partial charge < -0.3 is 5.32 Å². The van der Waals surface area contributed by atoms with Crippen molar-refractivity contribution in [3.05, 3.63) is 35.2 Å². The molecule has 18 heavy (non-hydrogen) atoms. The smallest absolute Gasteiger partial charge is 0.0674 e. The van der Waals surface area contributed by atoms with E-state index in [4.69, 9.17) is 0 Å². The standard InChI is InChI=1S/C15H19N3/c1-4-18-11(3)15(10(2)17-18)13-5-6-14-12(9-13)7-8-16-14/h5-6,9,16H,4,7-8H2,1-3H3. The molecule has 1 aromatic carbocycles. The maximum atomic E-state index is 4.60. The third-order valence-corrected chi connectivity index (χ3v) is 3.78. The highest BCUT2D eigenvalue weighted by Gasteiger charge is 2.16. The van der Waals surface area contributed by atoms with Gasteiger partial charge >= 0.3 is 0 Å². The fraction of sp³-hybridized carbons (Fsp3) is 0.400. The van der Waals surface area contributed by atoms with Crippen LogP contribution in [0.25, 0.3) is 11.1 Å². The number of benzene rings is 1. The fourth-order valence-electron chi connectivity index (χ4n) is 2.88. The van der Waals surface area contributed by atoms with E-state index in [1.54, 1.807) is 0 Å². The number of aryl methyl sites for hydroxylation is 2. The number of aromatic nitrogens is 2. The van der Waals surface area contributed by atoms with Crippen molar-refractivity contribution in [2.75, 3.05) is 11.9 Å². The lowest BCUT2D eigenvalue weighted by atomic mass is 10.0. The number of nitrogens with zero attached hydrogens (tertiary/aromatic N) is 2. The molecule has 1 N–H and O–H groups in total. The Balaban J connectivity index is 2.12. The summed E-state index contributed by atoms with van der Waals surface area (Å²) in [6, 6.07) is 6.71. The highest BCUT2D eigenvalue weighted by molar-refractivity contribution is 5.73. The maximum Gasteiger partial charge on any atom is 0.0674 e. The molecule has 0 radical (unpaired) electrons. The summed E-state index contributed by atoms with van der Waals surface area (Å²) < 4.78 is 2.08. The number of hydrogen-bond donors (Lipinski definition) is 1. The molecule has 0 bridgehead atoms. The van der Waals surface area contributed by atoms with E-state index < -0.39 is 0 Å². The molecule has 1 aliphatic heterocycles. The summed E-state index contributed by atoms with van der Waals surface area (Å²) in [5, 5.41) is 8.00. The number of rotatable bonds is 2. The molecule has 94 valence electrons. The minimum absolute atomic E-state index is 0.930. The molecule has 1 aromatic heterocycles. The quantitative estimate of drug-likeness (QED) is 0.875. The van der Waals surface area contributed by atoms with Gasteiger partial charge in [-0.1, -0.05) is 6.07 Å². The molecule has 0 fully saturated rings. The molecule has 3 rings (SSSR count). The Morgan fingerprint density at radius 3 is 2.89 bits per heavy atom. The van der Waals surface area contributed by atoms with Crippen LogP contribution >= 0.6 is 0 Å². The van der Waals surface area contributed by atoms with Crippen molar-refractivity contribution in [1.82, 2.24) is 9.78 Å². The largest absolute Gasteiger partial charge is 0.384 e. The van der Waals surface area contributed by atoms with Crippen molar-refractivity contribution in [2.45, 2.75) is 33.7 Å². The number of fused-ring (bicyclic) bond motifs is 1. The summed E-state index contributed by atoms with van der Waals surface area (Å²) >= 11 is 0. The van der Waals surface area contributed by atoms with Crippen LogP contribution in [0.15, 0.2) is 18.2 Å². The van der Waals surface area contributed by atoms with Gasteiger partial charge in [0.05, 0.1) is 5.69 Å². The van der Waals surface area contributed by atoms with Gasteiger partial charge in [0.25, 0.3) is 0 Å². The molecule has 0 unspecified atom stereocenters. The van der Waals surface area contributed by atoms with E-state index in [0.717, 1.165) is 25.2 Å². The summed E-state index contributed by atoms with van der Waals surface area (Å²) in [7, 11) is 0. The second-order valence-electron chi connectivity index (χ2n) is 4.91. The Morgan fingerprint density at radius 2 is 2.17 bits per heavy atom. The van der Waals surface area contributed by atoms with E-state index in [1.807, 2.05) is 0 Å². The molecule has 0 saturated heterocycles. The zero-order chi connectivity index (χ0) is 12.7. The van der Waals surface area contributed by atoms with Crippen LogP contribution in [0.3, 0.4) is 0 Å². The van der Waals surface area contributed by atoms with Crippen molar-refractivity contribution < 1.29 is 0 Å². The topological polar surface area (TPSA) is 29.9 Å². The first-order valence-electron chi connectivity index (χ1n) is 6.62. The molecule has 3 heteroatoms. The highest BCUT2D eigenvalue weighted by Crippen LogP contribution is 2.32. The van der Waals surface area contributed by atoms with Crippen LogP contribution in [-0.4, -0.2) is 16.3 Å². The molecule has 1 aliphatic rings. The van der Waals surface area contributed by atoms with Gasteiger partial charge in [0.15, 0.2) is 0 Å². The summed E-state index contributed by atoms with van der Waals surface area (Å²) in [5.41, 5.74) is 7.70. The molecule has 2 heterocycles. The van der Waals surface area contributed by atoms with Crippen molar-refractivity contribution >= 4 is 5.69 Å². The Morgan fingerprint density at radius 1 is 1.33 bits per heavy atom. The SMILES string of the molecule is CCn1nc(C)c(-c2ccc3c(c2)CCN3)c1C. The first kappa shape index (κ1) is 11.3. The predicted molar refractivity (Wildman–Crippen MR) is 75.0 cm³/mol. The van der Waals surface area contributed by atoms with Crippen molar-refractivity contribution in [3.63, 3.8) is 0 Å². The van der Waals surface area contributed by atoms with E-state index >= 15 is 0 Å². The first-order valence-corrected chi connectivity index (χ1v) is 6.62. The molecular weight excluding hydrogens is 222 g/mol. The molecule has 3 nitrogen and oxygen atoms in total. The average molecular weight is 241 g/mol. The van der Waals surface area contributed by atoms with E-state index in [0.29, 0.717) is 0 Å². The molecule has 2 aromatic rings. The van der Waals surface area contributed by atoms with Gasteiger partial charge in [-0.15, -0.1) is 0 Å². The van der Waals surface area contributed by atoms with Gasteiger partial charge in [-0.2, -0.15) is 5.10 Å². The van der Waals surface area contributed by atoms with Crippen LogP contribution in [0.4, 0.5) is 5.69 Å². The van der Waals surface area contributed by atoms with Crippen LogP contribution in [0.5, 0.6) is 0 Å². The van der Waals surface area contributed by atoms with Gasteiger partial charge in [-0.25, -0.2) is 0 Å². The zero-order valence-electron chi connectivity index (χ0n) is 11.2. The Kier molecular flexibility index (Phi) is 2.62. The van der Waals surface area contributed by atoms with Crippen LogP contribution < -0.4 is 5.32 Å². The number of anilines is 1. The lowest BCUT2D eigenvalue weighted by molar-refractivity contribution is 0.634. The zero-order valence-corrected chi connectivity index (χ0v) is 11.2. The summed E-state index contributed by atoms with van der Waals surface area (Å²) in [5.74, 6) is 0. The van der Waals surface area contributed by atoms with Crippen molar-refractivity contribution in [3.8, 4) is 11.1 Å². The average Bonchev–Trinajstić information content (AvgIpc) is 2.93. The Labute approximate surface area is 108 Å². The van der Waals surface area contributed by atoms with Crippen molar-refractivity contribution in [2.24, 2.45) is 0 Å². The fourth-order valence-corrected chi connectivity index (χ4v) is 2.88. The minimum Gasteiger partial charge on any atom is -0.384 e. The molecule has 0 aliphatic carbocycles. The van der Waals surface area contributed by atoms with Crippen LogP contribution in [0.1, 0.15) is 23.9 Å². The van der Waals surface area contributed by atoms with Gasteiger partial charge in [0.1, 0.15) is 0 Å². The second kappa shape index (κ2) is 4.16. The molecule has 0 saturated carbocycles. The van der Waals surface area contributed by atoms with Crippen LogP contribution in [0.2, 0.25) is 0 Å². The second-order valence-corrected chi connectivity index (χ2v) is 4.91. The Bertz CT molecular complexity index is 596. The number of nitrogens with one attached hydrogen (secondary N) is 1. The highest BCUT2D eigenvalue weighted by atomic mass is 15.3. The van der Waals surface area contributed by atoms with E-state index in [-0.39, 0.29) is 0 Å². The minimum atomic E-state index is 0.930. The van der Waals surface area contributed by atoms with E-state index in [9.17, 15) is 0 Å². The monoisotopic (exact) mass is 241 g/mol. The lowest BCUT2D eigenvalue weighted by Crippen LogP contribution is -1.98. The molecule has 0 spiro atoms. The van der Waals surface area contributed by atoms with Gasteiger partial charge in [0.2, 0.25) is 0 Å². The maximum absolute atomic E-state index is 4.60. The van der Waals surface area contributed by atoms with Crippen LogP contribution in [0, 0.1) is 13.8 Å². The molecule has 0 amide bonds. The van der Waals surface area contributed by atoms with Crippen LogP contribution in [-0.2, 0) is 13.0 Å². The third-order valence-electron chi connectivity index (χ3n) is 3.78. The Hall–Kier alpha value is -1.77. The van der Waals surface area contributed by atoms with Crippen molar-refractivity contribution in [1.29, 1.82) is 0 Å². The third kappa shape index (κ3) is 1.62. The number of hydrogen-bond acceptors (Lipinski definition) is 2. The van der Waals surface area contributed by atoms with Gasteiger partial charge in [0, 0.05) is 30.0 Å². The van der Waals surface area contributed by atoms with E-state index in [2.05, 4.69) is 54.1 Å². The lowest BCUT2D eigenvalue weighted by Gasteiger charge is -2.06. The first-order chi connectivity index (χ1) is 8.70. The van der Waals surface area contributed by atoms with Gasteiger partial charge in [-0.05, 0) is 50.5 Å². The molecular formula is C15H19N3.